The minimum absolute atomic E-state index is 0.0150. The molecule has 3 nitrogen and oxygen atoms in total. The molecule has 1 aliphatic carbocycles. The van der Waals surface area contributed by atoms with Gasteiger partial charge in [-0.05, 0) is 12.8 Å². The van der Waals surface area contributed by atoms with Gasteiger partial charge in [-0.1, -0.05) is 12.8 Å². The van der Waals surface area contributed by atoms with Gasteiger partial charge in [0, 0.05) is 24.6 Å². The molecular weight excluding hydrogens is 226 g/mol. The molecule has 2 atom stereocenters. The number of anilines is 1. The van der Waals surface area contributed by atoms with Gasteiger partial charge in [0.2, 0.25) is 0 Å². The van der Waals surface area contributed by atoms with Crippen LogP contribution in [0.2, 0.25) is 0 Å². The molecule has 2 N–H and O–H groups in total. The first-order valence-electron chi connectivity index (χ1n) is 5.89. The van der Waals surface area contributed by atoms with Gasteiger partial charge in [-0.25, -0.2) is 13.8 Å². The van der Waals surface area contributed by atoms with Crippen molar-refractivity contribution in [2.24, 2.45) is 5.92 Å². The zero-order valence-electron chi connectivity index (χ0n) is 9.50. The van der Waals surface area contributed by atoms with Crippen molar-refractivity contribution < 1.29 is 13.9 Å². The maximum absolute atomic E-state index is 13.4. The Balaban J connectivity index is 2.08. The Labute approximate surface area is 98.9 Å². The second kappa shape index (κ2) is 5.40. The predicted octanol–water partition coefficient (Wildman–Crippen LogP) is 2.32. The molecule has 0 radical (unpaired) electrons. The molecule has 94 valence electrons. The number of aliphatic hydroxyl groups excluding tert-OH is 1. The molecule has 1 aromatic heterocycles. The highest BCUT2D eigenvalue weighted by atomic mass is 19.1. The first-order chi connectivity index (χ1) is 8.20. The molecule has 0 aromatic carbocycles. The van der Waals surface area contributed by atoms with Crippen LogP contribution in [-0.2, 0) is 0 Å². The molecule has 1 saturated carbocycles. The number of pyridine rings is 1. The van der Waals surface area contributed by atoms with E-state index in [1.807, 2.05) is 0 Å². The van der Waals surface area contributed by atoms with Crippen LogP contribution in [0.25, 0.3) is 0 Å². The van der Waals surface area contributed by atoms with Crippen LogP contribution >= 0.6 is 0 Å². The summed E-state index contributed by atoms with van der Waals surface area (Å²) >= 11 is 0. The van der Waals surface area contributed by atoms with Gasteiger partial charge in [0.15, 0.2) is 11.6 Å². The van der Waals surface area contributed by atoms with Gasteiger partial charge in [0.1, 0.15) is 5.82 Å². The summed E-state index contributed by atoms with van der Waals surface area (Å²) in [4.78, 5) is 3.70. The van der Waals surface area contributed by atoms with Gasteiger partial charge < -0.3 is 10.4 Å². The molecule has 0 aliphatic heterocycles. The molecule has 0 saturated heterocycles. The van der Waals surface area contributed by atoms with Gasteiger partial charge in [-0.2, -0.15) is 0 Å². The number of rotatable bonds is 3. The van der Waals surface area contributed by atoms with Gasteiger partial charge in [-0.3, -0.25) is 0 Å². The molecule has 5 heteroatoms. The normalized spacial score (nSPS) is 24.6. The SMILES string of the molecule is OCC1CCCCC1Nc1ncc(F)cc1F. The molecule has 1 aliphatic rings. The van der Waals surface area contributed by atoms with E-state index in [1.165, 1.54) is 0 Å². The van der Waals surface area contributed by atoms with Crippen molar-refractivity contribution in [2.45, 2.75) is 31.7 Å². The van der Waals surface area contributed by atoms with E-state index in [4.69, 9.17) is 0 Å². The largest absolute Gasteiger partial charge is 0.396 e. The number of halogens is 2. The molecule has 0 spiro atoms. The minimum atomic E-state index is -0.688. The fourth-order valence-corrected chi connectivity index (χ4v) is 2.31. The topological polar surface area (TPSA) is 45.1 Å². The van der Waals surface area contributed by atoms with Crippen molar-refractivity contribution in [3.63, 3.8) is 0 Å². The van der Waals surface area contributed by atoms with Crippen LogP contribution in [0.3, 0.4) is 0 Å². The Bertz CT molecular complexity index is 387. The Morgan fingerprint density at radius 1 is 1.35 bits per heavy atom. The number of hydrogen-bond acceptors (Lipinski definition) is 3. The van der Waals surface area contributed by atoms with Crippen LogP contribution in [0, 0.1) is 17.6 Å². The van der Waals surface area contributed by atoms with Gasteiger partial charge in [0.25, 0.3) is 0 Å². The summed E-state index contributed by atoms with van der Waals surface area (Å²) in [6, 6.07) is 0.827. The lowest BCUT2D eigenvalue weighted by atomic mass is 9.85. The Hall–Kier alpha value is -1.23. The third-order valence-corrected chi connectivity index (χ3v) is 3.27. The van der Waals surface area contributed by atoms with Crippen molar-refractivity contribution in [2.75, 3.05) is 11.9 Å². The molecule has 1 fully saturated rings. The first kappa shape index (κ1) is 12.2. The van der Waals surface area contributed by atoms with Crippen LogP contribution in [0.15, 0.2) is 12.3 Å². The third kappa shape index (κ3) is 2.91. The highest BCUT2D eigenvalue weighted by Crippen LogP contribution is 2.27. The van der Waals surface area contributed by atoms with Crippen LogP contribution in [0.5, 0.6) is 0 Å². The summed E-state index contributed by atoms with van der Waals surface area (Å²) in [5.74, 6) is -1.19. The Morgan fingerprint density at radius 2 is 2.12 bits per heavy atom. The molecular formula is C12H16F2N2O. The van der Waals surface area contributed by atoms with E-state index in [9.17, 15) is 13.9 Å². The molecule has 17 heavy (non-hydrogen) atoms. The van der Waals surface area contributed by atoms with Crippen molar-refractivity contribution in [3.8, 4) is 0 Å². The zero-order valence-corrected chi connectivity index (χ0v) is 9.50. The maximum Gasteiger partial charge on any atom is 0.168 e. The molecule has 1 aromatic rings. The maximum atomic E-state index is 13.4. The van der Waals surface area contributed by atoms with Crippen LogP contribution in [0.4, 0.5) is 14.6 Å². The number of aliphatic hydroxyl groups is 1. The summed E-state index contributed by atoms with van der Waals surface area (Å²) in [7, 11) is 0. The number of hydrogen-bond donors (Lipinski definition) is 2. The molecule has 0 bridgehead atoms. The van der Waals surface area contributed by atoms with Crippen LogP contribution in [0.1, 0.15) is 25.7 Å². The van der Waals surface area contributed by atoms with Crippen molar-refractivity contribution in [1.29, 1.82) is 0 Å². The zero-order chi connectivity index (χ0) is 12.3. The van der Waals surface area contributed by atoms with Crippen LogP contribution < -0.4 is 5.32 Å². The predicted molar refractivity (Wildman–Crippen MR) is 60.6 cm³/mol. The first-order valence-corrected chi connectivity index (χ1v) is 5.89. The second-order valence-corrected chi connectivity index (χ2v) is 4.46. The summed E-state index contributed by atoms with van der Waals surface area (Å²) in [6.07, 6.45) is 4.93. The second-order valence-electron chi connectivity index (χ2n) is 4.46. The van der Waals surface area contributed by atoms with Gasteiger partial charge in [-0.15, -0.1) is 0 Å². The van der Waals surface area contributed by atoms with Crippen LogP contribution in [-0.4, -0.2) is 22.7 Å². The molecule has 0 amide bonds. The van der Waals surface area contributed by atoms with Crippen molar-refractivity contribution in [3.05, 3.63) is 23.9 Å². The van der Waals surface area contributed by atoms with E-state index >= 15 is 0 Å². The average molecular weight is 242 g/mol. The van der Waals surface area contributed by atoms with E-state index in [-0.39, 0.29) is 24.4 Å². The summed E-state index contributed by atoms with van der Waals surface area (Å²) < 4.78 is 26.1. The molecule has 2 unspecified atom stereocenters. The Kier molecular flexibility index (Phi) is 3.89. The van der Waals surface area contributed by atoms with E-state index < -0.39 is 11.6 Å². The van der Waals surface area contributed by atoms with Crippen molar-refractivity contribution in [1.82, 2.24) is 4.98 Å². The van der Waals surface area contributed by atoms with E-state index in [1.54, 1.807) is 0 Å². The summed E-state index contributed by atoms with van der Waals surface area (Å²) in [6.45, 7) is 0.0838. The quantitative estimate of drug-likeness (QED) is 0.855. The summed E-state index contributed by atoms with van der Waals surface area (Å²) in [5, 5.41) is 12.2. The smallest absolute Gasteiger partial charge is 0.168 e. The van der Waals surface area contributed by atoms with E-state index in [0.717, 1.165) is 37.9 Å². The monoisotopic (exact) mass is 242 g/mol. The van der Waals surface area contributed by atoms with Crippen molar-refractivity contribution >= 4 is 5.82 Å². The minimum Gasteiger partial charge on any atom is -0.396 e. The average Bonchev–Trinajstić information content (AvgIpc) is 2.33. The van der Waals surface area contributed by atoms with Gasteiger partial charge >= 0.3 is 0 Å². The summed E-state index contributed by atoms with van der Waals surface area (Å²) in [5.41, 5.74) is 0. The lowest BCUT2D eigenvalue weighted by Crippen LogP contribution is -2.34. The lowest BCUT2D eigenvalue weighted by molar-refractivity contribution is 0.178. The number of nitrogens with one attached hydrogen (secondary N) is 1. The Morgan fingerprint density at radius 3 is 2.82 bits per heavy atom. The van der Waals surface area contributed by atoms with E-state index in [0.29, 0.717) is 0 Å². The van der Waals surface area contributed by atoms with Gasteiger partial charge in [0.05, 0.1) is 6.20 Å². The number of aromatic nitrogens is 1. The standard InChI is InChI=1S/C12H16F2N2O/c13-9-5-10(14)12(15-6-9)16-11-4-2-1-3-8(11)7-17/h5-6,8,11,17H,1-4,7H2,(H,15,16). The third-order valence-electron chi connectivity index (χ3n) is 3.27. The number of nitrogens with zero attached hydrogens (tertiary/aromatic N) is 1. The fraction of sp³-hybridized carbons (Fsp3) is 0.583. The molecule has 2 rings (SSSR count). The fourth-order valence-electron chi connectivity index (χ4n) is 2.31. The lowest BCUT2D eigenvalue weighted by Gasteiger charge is -2.31. The highest BCUT2D eigenvalue weighted by molar-refractivity contribution is 5.37. The molecule has 1 heterocycles. The highest BCUT2D eigenvalue weighted by Gasteiger charge is 2.25. The van der Waals surface area contributed by atoms with E-state index in [2.05, 4.69) is 10.3 Å².